The van der Waals surface area contributed by atoms with E-state index in [-0.39, 0.29) is 11.7 Å². The number of hydrogen-bond acceptors (Lipinski definition) is 4. The number of nitrogens with zero attached hydrogens (tertiary/aromatic N) is 1. The van der Waals surface area contributed by atoms with Gasteiger partial charge in [0.15, 0.2) is 5.78 Å². The summed E-state index contributed by atoms with van der Waals surface area (Å²) in [5.41, 5.74) is 9.49. The highest BCUT2D eigenvalue weighted by atomic mass is 16.1. The topological polar surface area (TPSA) is 58.4 Å². The molecule has 4 nitrogen and oxygen atoms in total. The zero-order valence-corrected chi connectivity index (χ0v) is 15.3. The molecule has 0 radical (unpaired) electrons. The molecule has 1 fully saturated rings. The predicted molar refractivity (Wildman–Crippen MR) is 102 cm³/mol. The maximum atomic E-state index is 12.7. The minimum atomic E-state index is -0.430. The SMILES string of the molecule is CC1=CC(C(=O)CN2CCNCC2)=CC(C)C1(N)Cc1ccccc1. The quantitative estimate of drug-likeness (QED) is 0.861. The highest BCUT2D eigenvalue weighted by Crippen LogP contribution is 2.34. The van der Waals surface area contributed by atoms with Crippen LogP contribution in [0.15, 0.2) is 53.6 Å². The van der Waals surface area contributed by atoms with Crippen molar-refractivity contribution in [2.75, 3.05) is 32.7 Å². The molecule has 25 heavy (non-hydrogen) atoms. The summed E-state index contributed by atoms with van der Waals surface area (Å²) in [6.07, 6.45) is 4.86. The van der Waals surface area contributed by atoms with Crippen molar-refractivity contribution >= 4 is 5.78 Å². The number of rotatable bonds is 5. The second-order valence-electron chi connectivity index (χ2n) is 7.39. The van der Waals surface area contributed by atoms with Crippen molar-refractivity contribution in [1.29, 1.82) is 0 Å². The Hall–Kier alpha value is -1.75. The fourth-order valence-electron chi connectivity index (χ4n) is 3.76. The molecule has 4 heteroatoms. The van der Waals surface area contributed by atoms with E-state index in [4.69, 9.17) is 5.73 Å². The summed E-state index contributed by atoms with van der Waals surface area (Å²) in [5, 5.41) is 3.32. The summed E-state index contributed by atoms with van der Waals surface area (Å²) < 4.78 is 0. The van der Waals surface area contributed by atoms with Gasteiger partial charge < -0.3 is 11.1 Å². The van der Waals surface area contributed by atoms with Gasteiger partial charge in [0.25, 0.3) is 0 Å². The first-order valence-electron chi connectivity index (χ1n) is 9.19. The van der Waals surface area contributed by atoms with E-state index in [0.29, 0.717) is 6.54 Å². The Balaban J connectivity index is 1.71. The van der Waals surface area contributed by atoms with Gasteiger partial charge in [-0.2, -0.15) is 0 Å². The molecule has 1 aromatic rings. The Bertz CT molecular complexity index is 674. The van der Waals surface area contributed by atoms with E-state index in [1.165, 1.54) is 5.56 Å². The van der Waals surface area contributed by atoms with E-state index < -0.39 is 5.54 Å². The predicted octanol–water partition coefficient (Wildman–Crippen LogP) is 1.92. The second-order valence-corrected chi connectivity index (χ2v) is 7.39. The van der Waals surface area contributed by atoms with Gasteiger partial charge in [0, 0.05) is 37.3 Å². The lowest BCUT2D eigenvalue weighted by molar-refractivity contribution is -0.116. The van der Waals surface area contributed by atoms with Gasteiger partial charge in [-0.15, -0.1) is 0 Å². The molecule has 0 saturated carbocycles. The average Bonchev–Trinajstić information content (AvgIpc) is 2.61. The number of nitrogens with one attached hydrogen (secondary N) is 1. The normalized spacial score (nSPS) is 27.6. The van der Waals surface area contributed by atoms with Gasteiger partial charge in [0.05, 0.1) is 6.54 Å². The van der Waals surface area contributed by atoms with Crippen LogP contribution in [0.2, 0.25) is 0 Å². The molecule has 134 valence electrons. The molecular weight excluding hydrogens is 310 g/mol. The highest BCUT2D eigenvalue weighted by Gasteiger charge is 2.36. The summed E-state index contributed by atoms with van der Waals surface area (Å²) in [4.78, 5) is 14.9. The molecule has 0 bridgehead atoms. The van der Waals surface area contributed by atoms with Crippen LogP contribution < -0.4 is 11.1 Å². The number of carbonyl (C=O) groups is 1. The third kappa shape index (κ3) is 4.09. The maximum Gasteiger partial charge on any atom is 0.176 e. The maximum absolute atomic E-state index is 12.7. The molecule has 2 unspecified atom stereocenters. The van der Waals surface area contributed by atoms with E-state index in [9.17, 15) is 4.79 Å². The molecule has 1 aliphatic carbocycles. The molecule has 2 aliphatic rings. The summed E-state index contributed by atoms with van der Waals surface area (Å²) >= 11 is 0. The van der Waals surface area contributed by atoms with Gasteiger partial charge in [0.2, 0.25) is 0 Å². The smallest absolute Gasteiger partial charge is 0.176 e. The number of hydrogen-bond donors (Lipinski definition) is 2. The number of Topliss-reactive ketones (excluding diaryl/α,β-unsaturated/α-hetero) is 1. The molecule has 1 aromatic carbocycles. The average molecular weight is 339 g/mol. The van der Waals surface area contributed by atoms with E-state index in [1.54, 1.807) is 0 Å². The zero-order valence-electron chi connectivity index (χ0n) is 15.3. The third-order valence-electron chi connectivity index (χ3n) is 5.59. The summed E-state index contributed by atoms with van der Waals surface area (Å²) in [5.74, 6) is 0.328. The molecule has 2 atom stereocenters. The van der Waals surface area contributed by atoms with Gasteiger partial charge in [-0.25, -0.2) is 0 Å². The number of nitrogens with two attached hydrogens (primary N) is 1. The lowest BCUT2D eigenvalue weighted by Gasteiger charge is -2.39. The largest absolute Gasteiger partial charge is 0.321 e. The van der Waals surface area contributed by atoms with Crippen molar-refractivity contribution in [3.63, 3.8) is 0 Å². The summed E-state index contributed by atoms with van der Waals surface area (Å²) in [6.45, 7) is 8.47. The monoisotopic (exact) mass is 339 g/mol. The molecule has 3 rings (SSSR count). The minimum absolute atomic E-state index is 0.125. The Labute approximate surface area is 150 Å². The Kier molecular flexibility index (Phi) is 5.52. The molecule has 3 N–H and O–H groups in total. The van der Waals surface area contributed by atoms with E-state index in [0.717, 1.165) is 43.7 Å². The van der Waals surface area contributed by atoms with Crippen molar-refractivity contribution in [2.24, 2.45) is 11.7 Å². The summed E-state index contributed by atoms with van der Waals surface area (Å²) in [7, 11) is 0. The zero-order chi connectivity index (χ0) is 17.9. The van der Waals surface area contributed by atoms with Crippen molar-refractivity contribution < 1.29 is 4.79 Å². The minimum Gasteiger partial charge on any atom is -0.321 e. The molecule has 1 aliphatic heterocycles. The van der Waals surface area contributed by atoms with Crippen LogP contribution in [-0.2, 0) is 11.2 Å². The van der Waals surface area contributed by atoms with Gasteiger partial charge in [-0.3, -0.25) is 9.69 Å². The Morgan fingerprint density at radius 2 is 1.96 bits per heavy atom. The van der Waals surface area contributed by atoms with E-state index >= 15 is 0 Å². The van der Waals surface area contributed by atoms with Gasteiger partial charge in [-0.05, 0) is 24.8 Å². The molecular formula is C21H29N3O. The molecule has 1 heterocycles. The van der Waals surface area contributed by atoms with Gasteiger partial charge in [-0.1, -0.05) is 55.0 Å². The lowest BCUT2D eigenvalue weighted by Crippen LogP contribution is -2.50. The van der Waals surface area contributed by atoms with Gasteiger partial charge in [0.1, 0.15) is 0 Å². The number of carbonyl (C=O) groups excluding carboxylic acids is 1. The van der Waals surface area contributed by atoms with Crippen LogP contribution in [-0.4, -0.2) is 48.9 Å². The van der Waals surface area contributed by atoms with Crippen molar-refractivity contribution in [3.8, 4) is 0 Å². The fourth-order valence-corrected chi connectivity index (χ4v) is 3.76. The number of ketones is 1. The van der Waals surface area contributed by atoms with Crippen LogP contribution in [0, 0.1) is 5.92 Å². The molecule has 0 spiro atoms. The van der Waals surface area contributed by atoms with Crippen molar-refractivity contribution in [2.45, 2.75) is 25.8 Å². The second kappa shape index (κ2) is 7.65. The first-order chi connectivity index (χ1) is 12.0. The van der Waals surface area contributed by atoms with Crippen LogP contribution >= 0.6 is 0 Å². The number of allylic oxidation sites excluding steroid dienone is 1. The third-order valence-corrected chi connectivity index (χ3v) is 5.59. The van der Waals surface area contributed by atoms with Crippen LogP contribution in [0.25, 0.3) is 0 Å². The fraction of sp³-hybridized carbons (Fsp3) is 0.476. The molecule has 0 aromatic heterocycles. The standard InChI is InChI=1S/C21H29N3O/c1-16-12-19(20(25)15-24-10-8-23-9-11-24)13-17(2)21(16,22)14-18-6-4-3-5-7-18/h3-7,12-13,16,23H,8-11,14-15,22H2,1-2H3. The van der Waals surface area contributed by atoms with Gasteiger partial charge >= 0.3 is 0 Å². The first-order valence-corrected chi connectivity index (χ1v) is 9.19. The summed E-state index contributed by atoms with van der Waals surface area (Å²) in [6, 6.07) is 10.3. The number of piperazine rings is 1. The van der Waals surface area contributed by atoms with Crippen LogP contribution in [0.4, 0.5) is 0 Å². The first kappa shape index (κ1) is 18.1. The Morgan fingerprint density at radius 1 is 1.28 bits per heavy atom. The Morgan fingerprint density at radius 3 is 2.60 bits per heavy atom. The molecule has 1 saturated heterocycles. The van der Waals surface area contributed by atoms with Crippen LogP contribution in [0.3, 0.4) is 0 Å². The van der Waals surface area contributed by atoms with Crippen molar-refractivity contribution in [3.05, 3.63) is 59.2 Å². The van der Waals surface area contributed by atoms with E-state index in [2.05, 4.69) is 42.3 Å². The van der Waals surface area contributed by atoms with Crippen LogP contribution in [0.1, 0.15) is 19.4 Å². The molecule has 0 amide bonds. The highest BCUT2D eigenvalue weighted by molar-refractivity contribution is 6.00. The van der Waals surface area contributed by atoms with E-state index in [1.807, 2.05) is 24.3 Å². The number of benzene rings is 1. The lowest BCUT2D eigenvalue weighted by atomic mass is 9.71. The van der Waals surface area contributed by atoms with Crippen LogP contribution in [0.5, 0.6) is 0 Å². The van der Waals surface area contributed by atoms with Crippen molar-refractivity contribution in [1.82, 2.24) is 10.2 Å².